The number of benzene rings is 2. The Morgan fingerprint density at radius 3 is 2.00 bits per heavy atom. The Balaban J connectivity index is 2.25. The van der Waals surface area contributed by atoms with Crippen LogP contribution in [0.1, 0.15) is 19.4 Å². The molecule has 0 aliphatic carbocycles. The van der Waals surface area contributed by atoms with E-state index in [2.05, 4.69) is 13.8 Å². The zero-order chi connectivity index (χ0) is 13.1. The number of hydrogen-bond donors (Lipinski definition) is 0. The van der Waals surface area contributed by atoms with Crippen LogP contribution in [0, 0.1) is 17.6 Å². The van der Waals surface area contributed by atoms with Crippen LogP contribution in [0.2, 0.25) is 0 Å². The van der Waals surface area contributed by atoms with Gasteiger partial charge in [0.1, 0.15) is 0 Å². The number of halogens is 2. The van der Waals surface area contributed by atoms with Crippen molar-refractivity contribution in [3.8, 4) is 11.1 Å². The molecule has 0 aliphatic rings. The van der Waals surface area contributed by atoms with Crippen molar-refractivity contribution in [3.05, 3.63) is 59.7 Å². The Hall–Kier alpha value is -1.70. The van der Waals surface area contributed by atoms with Gasteiger partial charge in [-0.15, -0.1) is 0 Å². The van der Waals surface area contributed by atoms with Crippen molar-refractivity contribution < 1.29 is 8.78 Å². The van der Waals surface area contributed by atoms with Crippen LogP contribution in [-0.4, -0.2) is 0 Å². The van der Waals surface area contributed by atoms with Gasteiger partial charge in [0.05, 0.1) is 0 Å². The van der Waals surface area contributed by atoms with E-state index in [-0.39, 0.29) is 0 Å². The lowest BCUT2D eigenvalue weighted by molar-refractivity contribution is 0.509. The maximum absolute atomic E-state index is 13.1. The average Bonchev–Trinajstić information content (AvgIpc) is 2.33. The Morgan fingerprint density at radius 1 is 0.833 bits per heavy atom. The van der Waals surface area contributed by atoms with E-state index < -0.39 is 11.6 Å². The maximum Gasteiger partial charge on any atom is 0.159 e. The molecule has 0 heterocycles. The van der Waals surface area contributed by atoms with Gasteiger partial charge in [0.2, 0.25) is 0 Å². The Labute approximate surface area is 106 Å². The molecule has 0 atom stereocenters. The van der Waals surface area contributed by atoms with E-state index in [1.165, 1.54) is 11.6 Å². The minimum Gasteiger partial charge on any atom is -0.204 e. The van der Waals surface area contributed by atoms with Gasteiger partial charge >= 0.3 is 0 Å². The van der Waals surface area contributed by atoms with Crippen molar-refractivity contribution in [2.75, 3.05) is 0 Å². The normalized spacial score (nSPS) is 10.9. The van der Waals surface area contributed by atoms with Gasteiger partial charge in [-0.05, 0) is 41.2 Å². The Kier molecular flexibility index (Phi) is 3.75. The molecule has 2 aromatic carbocycles. The molecular weight excluding hydrogens is 230 g/mol. The fourth-order valence-corrected chi connectivity index (χ4v) is 1.98. The fourth-order valence-electron chi connectivity index (χ4n) is 1.98. The second-order valence-electron chi connectivity index (χ2n) is 4.92. The van der Waals surface area contributed by atoms with Crippen LogP contribution in [0.15, 0.2) is 42.5 Å². The molecule has 0 fully saturated rings. The van der Waals surface area contributed by atoms with Gasteiger partial charge in [0.25, 0.3) is 0 Å². The first-order chi connectivity index (χ1) is 8.56. The SMILES string of the molecule is CC(C)Cc1ccc(-c2ccc(F)c(F)c2)cc1. The number of hydrogen-bond acceptors (Lipinski definition) is 0. The molecule has 0 bridgehead atoms. The van der Waals surface area contributed by atoms with Crippen LogP contribution in [-0.2, 0) is 6.42 Å². The lowest BCUT2D eigenvalue weighted by Gasteiger charge is -2.07. The highest BCUT2D eigenvalue weighted by atomic mass is 19.2. The summed E-state index contributed by atoms with van der Waals surface area (Å²) in [6.45, 7) is 4.34. The van der Waals surface area contributed by atoms with Crippen LogP contribution in [0.5, 0.6) is 0 Å². The second kappa shape index (κ2) is 5.30. The van der Waals surface area contributed by atoms with Crippen molar-refractivity contribution in [1.29, 1.82) is 0 Å². The van der Waals surface area contributed by atoms with Crippen LogP contribution < -0.4 is 0 Å². The van der Waals surface area contributed by atoms with E-state index in [1.807, 2.05) is 24.3 Å². The first-order valence-corrected chi connectivity index (χ1v) is 6.10. The minimum atomic E-state index is -0.810. The van der Waals surface area contributed by atoms with Crippen LogP contribution in [0.3, 0.4) is 0 Å². The molecule has 2 aromatic rings. The summed E-state index contributed by atoms with van der Waals surface area (Å²) >= 11 is 0. The van der Waals surface area contributed by atoms with E-state index in [4.69, 9.17) is 0 Å². The topological polar surface area (TPSA) is 0 Å². The summed E-state index contributed by atoms with van der Waals surface area (Å²) in [5.74, 6) is -1.01. The molecule has 0 saturated heterocycles. The Morgan fingerprint density at radius 2 is 1.44 bits per heavy atom. The summed E-state index contributed by atoms with van der Waals surface area (Å²) in [7, 11) is 0. The summed E-state index contributed by atoms with van der Waals surface area (Å²) in [5.41, 5.74) is 2.86. The summed E-state index contributed by atoms with van der Waals surface area (Å²) < 4.78 is 26.0. The smallest absolute Gasteiger partial charge is 0.159 e. The molecule has 0 aromatic heterocycles. The third-order valence-electron chi connectivity index (χ3n) is 2.85. The second-order valence-corrected chi connectivity index (χ2v) is 4.92. The fraction of sp³-hybridized carbons (Fsp3) is 0.250. The lowest BCUT2D eigenvalue weighted by atomic mass is 9.99. The van der Waals surface area contributed by atoms with Gasteiger partial charge in [-0.25, -0.2) is 8.78 Å². The first kappa shape index (κ1) is 12.7. The van der Waals surface area contributed by atoms with E-state index in [1.54, 1.807) is 6.07 Å². The molecule has 94 valence electrons. The molecular formula is C16H16F2. The van der Waals surface area contributed by atoms with E-state index in [0.29, 0.717) is 11.5 Å². The van der Waals surface area contributed by atoms with Crippen molar-refractivity contribution in [3.63, 3.8) is 0 Å². The summed E-state index contributed by atoms with van der Waals surface area (Å²) in [6, 6.07) is 12.0. The highest BCUT2D eigenvalue weighted by Gasteiger charge is 2.05. The van der Waals surface area contributed by atoms with Crippen molar-refractivity contribution >= 4 is 0 Å². The van der Waals surface area contributed by atoms with Gasteiger partial charge in [0.15, 0.2) is 11.6 Å². The molecule has 0 N–H and O–H groups in total. The highest BCUT2D eigenvalue weighted by molar-refractivity contribution is 5.63. The predicted molar refractivity (Wildman–Crippen MR) is 70.3 cm³/mol. The largest absolute Gasteiger partial charge is 0.204 e. The van der Waals surface area contributed by atoms with Crippen molar-refractivity contribution in [1.82, 2.24) is 0 Å². The zero-order valence-corrected chi connectivity index (χ0v) is 10.6. The van der Waals surface area contributed by atoms with Gasteiger partial charge in [0, 0.05) is 0 Å². The lowest BCUT2D eigenvalue weighted by Crippen LogP contribution is -1.93. The molecule has 0 radical (unpaired) electrons. The highest BCUT2D eigenvalue weighted by Crippen LogP contribution is 2.22. The standard InChI is InChI=1S/C16H16F2/c1-11(2)9-12-3-5-13(6-4-12)14-7-8-15(17)16(18)10-14/h3-8,10-11H,9H2,1-2H3. The van der Waals surface area contributed by atoms with Crippen molar-refractivity contribution in [2.24, 2.45) is 5.92 Å². The molecule has 0 unspecified atom stereocenters. The monoisotopic (exact) mass is 246 g/mol. The van der Waals surface area contributed by atoms with E-state index in [9.17, 15) is 8.78 Å². The van der Waals surface area contributed by atoms with Gasteiger partial charge in [-0.1, -0.05) is 44.2 Å². The van der Waals surface area contributed by atoms with Crippen LogP contribution >= 0.6 is 0 Å². The third kappa shape index (κ3) is 2.95. The molecule has 0 saturated carbocycles. The van der Waals surface area contributed by atoms with Crippen molar-refractivity contribution in [2.45, 2.75) is 20.3 Å². The van der Waals surface area contributed by atoms with Crippen LogP contribution in [0.4, 0.5) is 8.78 Å². The number of rotatable bonds is 3. The van der Waals surface area contributed by atoms with Crippen LogP contribution in [0.25, 0.3) is 11.1 Å². The molecule has 2 rings (SSSR count). The van der Waals surface area contributed by atoms with Gasteiger partial charge in [-0.3, -0.25) is 0 Å². The predicted octanol–water partition coefficient (Wildman–Crippen LogP) is 4.83. The van der Waals surface area contributed by atoms with E-state index >= 15 is 0 Å². The third-order valence-corrected chi connectivity index (χ3v) is 2.85. The minimum absolute atomic E-state index is 0.610. The Bertz CT molecular complexity index is 527. The van der Waals surface area contributed by atoms with Gasteiger partial charge in [-0.2, -0.15) is 0 Å². The summed E-state index contributed by atoms with van der Waals surface area (Å²) in [5, 5.41) is 0. The first-order valence-electron chi connectivity index (χ1n) is 6.10. The quantitative estimate of drug-likeness (QED) is 0.727. The summed E-state index contributed by atoms with van der Waals surface area (Å²) in [6.07, 6.45) is 1.03. The maximum atomic E-state index is 13.1. The van der Waals surface area contributed by atoms with E-state index in [0.717, 1.165) is 18.1 Å². The molecule has 0 spiro atoms. The molecule has 18 heavy (non-hydrogen) atoms. The zero-order valence-electron chi connectivity index (χ0n) is 10.6. The average molecular weight is 246 g/mol. The molecule has 2 heteroatoms. The molecule has 0 nitrogen and oxygen atoms in total. The van der Waals surface area contributed by atoms with Gasteiger partial charge < -0.3 is 0 Å². The summed E-state index contributed by atoms with van der Waals surface area (Å²) in [4.78, 5) is 0. The molecule has 0 amide bonds. The molecule has 0 aliphatic heterocycles.